The number of para-hydroxylation sites is 1. The molecule has 49 heavy (non-hydrogen) atoms. The van der Waals surface area contributed by atoms with Crippen molar-refractivity contribution in [3.05, 3.63) is 156 Å². The zero-order valence-electron chi connectivity index (χ0n) is 28.5. The molecule has 0 aliphatic carbocycles. The zero-order chi connectivity index (χ0) is 33.3. The SMILES string of the molecule is CC(C)(C)Cc1ccnc(-c2[c-]cc(-c3cccc4c3ccc3oc5ccccc5c34)cc2)c1.Cc1c[c-]c(-c2ccc(C)cn2)cc1.[Ir]. The molecule has 3 heterocycles. The van der Waals surface area contributed by atoms with Gasteiger partial charge in [0.1, 0.15) is 11.2 Å². The molecule has 0 fully saturated rings. The molecule has 245 valence electrons. The number of benzene rings is 5. The molecule has 8 aromatic rings. The van der Waals surface area contributed by atoms with Crippen LogP contribution in [0.1, 0.15) is 37.5 Å². The first-order chi connectivity index (χ1) is 23.2. The predicted molar refractivity (Wildman–Crippen MR) is 200 cm³/mol. The van der Waals surface area contributed by atoms with Gasteiger partial charge in [0.25, 0.3) is 0 Å². The molecule has 0 aliphatic heterocycles. The second kappa shape index (κ2) is 14.3. The zero-order valence-corrected chi connectivity index (χ0v) is 30.9. The number of furan rings is 1. The molecule has 0 unspecified atom stereocenters. The number of nitrogens with zero attached hydrogens (tertiary/aromatic N) is 2. The van der Waals surface area contributed by atoms with E-state index in [0.717, 1.165) is 51.1 Å². The summed E-state index contributed by atoms with van der Waals surface area (Å²) in [5.41, 5.74) is 12.2. The Morgan fingerprint density at radius 2 is 1.39 bits per heavy atom. The van der Waals surface area contributed by atoms with Crippen LogP contribution in [0.2, 0.25) is 0 Å². The van der Waals surface area contributed by atoms with Crippen LogP contribution >= 0.6 is 0 Å². The molecule has 3 nitrogen and oxygen atoms in total. The summed E-state index contributed by atoms with van der Waals surface area (Å²) in [5.74, 6) is 0. The standard InChI is InChI=1S/C32H26NO.C13H12N.Ir/c1-32(2,3)20-21-17-18-33-28(19-21)23-13-11-22(12-14-23)24-8-6-9-26-25(24)15-16-30-31(26)27-7-4-5-10-29(27)34-30;1-10-3-6-12(7-4-10)13-8-5-11(2)9-14-13;/h4-13,15-19H,20H2,1-3H3;3-6,8-9H,1-2H3;/q2*-1;. The van der Waals surface area contributed by atoms with Crippen LogP contribution in [-0.4, -0.2) is 9.97 Å². The Hall–Kier alpha value is -4.89. The van der Waals surface area contributed by atoms with E-state index >= 15 is 0 Å². The maximum Gasteiger partial charge on any atom is 0.136 e. The van der Waals surface area contributed by atoms with Gasteiger partial charge in [0.2, 0.25) is 0 Å². The van der Waals surface area contributed by atoms with Gasteiger partial charge in [-0.3, -0.25) is 0 Å². The van der Waals surface area contributed by atoms with E-state index in [9.17, 15) is 0 Å². The Kier molecular flexibility index (Phi) is 9.92. The van der Waals surface area contributed by atoms with Crippen LogP contribution in [0.3, 0.4) is 0 Å². The van der Waals surface area contributed by atoms with E-state index in [1.54, 1.807) is 0 Å². The fraction of sp³-hybridized carbons (Fsp3) is 0.156. The summed E-state index contributed by atoms with van der Waals surface area (Å²) in [6.07, 6.45) is 4.81. The van der Waals surface area contributed by atoms with Crippen molar-refractivity contribution in [1.82, 2.24) is 9.97 Å². The predicted octanol–water partition coefficient (Wildman–Crippen LogP) is 12.0. The minimum Gasteiger partial charge on any atom is -0.456 e. The normalized spacial score (nSPS) is 11.3. The first kappa shape index (κ1) is 34.0. The van der Waals surface area contributed by atoms with E-state index in [0.29, 0.717) is 0 Å². The summed E-state index contributed by atoms with van der Waals surface area (Å²) < 4.78 is 6.10. The van der Waals surface area contributed by atoms with E-state index in [4.69, 9.17) is 4.42 Å². The van der Waals surface area contributed by atoms with Crippen LogP contribution < -0.4 is 0 Å². The molecule has 0 spiro atoms. The first-order valence-corrected chi connectivity index (χ1v) is 16.4. The number of hydrogen-bond acceptors (Lipinski definition) is 3. The Balaban J connectivity index is 0.000000234. The van der Waals surface area contributed by atoms with Crippen molar-refractivity contribution in [2.75, 3.05) is 0 Å². The number of pyridine rings is 2. The number of aromatic nitrogens is 2. The topological polar surface area (TPSA) is 38.9 Å². The average Bonchev–Trinajstić information content (AvgIpc) is 3.48. The molecule has 0 amide bonds. The van der Waals surface area contributed by atoms with Gasteiger partial charge in [-0.25, -0.2) is 0 Å². The molecule has 0 atom stereocenters. The van der Waals surface area contributed by atoms with Gasteiger partial charge in [-0.15, -0.1) is 65.2 Å². The summed E-state index contributed by atoms with van der Waals surface area (Å²) in [6, 6.07) is 46.6. The third kappa shape index (κ3) is 7.57. The fourth-order valence-electron chi connectivity index (χ4n) is 6.22. The third-order valence-electron chi connectivity index (χ3n) is 8.51. The molecule has 5 aromatic carbocycles. The van der Waals surface area contributed by atoms with E-state index in [2.05, 4.69) is 135 Å². The van der Waals surface area contributed by atoms with Crippen molar-refractivity contribution in [2.24, 2.45) is 5.41 Å². The summed E-state index contributed by atoms with van der Waals surface area (Å²) in [5, 5.41) is 4.76. The fourth-order valence-corrected chi connectivity index (χ4v) is 6.22. The molecule has 4 heteroatoms. The van der Waals surface area contributed by atoms with E-state index < -0.39 is 0 Å². The minimum absolute atomic E-state index is 0. The summed E-state index contributed by atoms with van der Waals surface area (Å²) in [4.78, 5) is 8.95. The largest absolute Gasteiger partial charge is 0.456 e. The molecular formula is C45H38IrN2O-2. The van der Waals surface area contributed by atoms with Gasteiger partial charge < -0.3 is 14.4 Å². The quantitative estimate of drug-likeness (QED) is 0.166. The van der Waals surface area contributed by atoms with Crippen molar-refractivity contribution in [3.63, 3.8) is 0 Å². The number of aryl methyl sites for hydroxylation is 2. The average molecular weight is 815 g/mol. The molecule has 1 radical (unpaired) electrons. The van der Waals surface area contributed by atoms with E-state index in [-0.39, 0.29) is 25.5 Å². The summed E-state index contributed by atoms with van der Waals surface area (Å²) >= 11 is 0. The molecule has 0 saturated heterocycles. The molecule has 0 bridgehead atoms. The molecule has 3 aromatic heterocycles. The van der Waals surface area contributed by atoms with Crippen LogP contribution in [-0.2, 0) is 26.5 Å². The van der Waals surface area contributed by atoms with Crippen molar-refractivity contribution >= 4 is 32.7 Å². The van der Waals surface area contributed by atoms with Crippen LogP contribution in [0.5, 0.6) is 0 Å². The van der Waals surface area contributed by atoms with Crippen molar-refractivity contribution < 1.29 is 24.5 Å². The second-order valence-electron chi connectivity index (χ2n) is 13.7. The van der Waals surface area contributed by atoms with Gasteiger partial charge in [-0.05, 0) is 64.7 Å². The third-order valence-corrected chi connectivity index (χ3v) is 8.51. The Labute approximate surface area is 302 Å². The van der Waals surface area contributed by atoms with Crippen LogP contribution in [0.25, 0.3) is 66.4 Å². The van der Waals surface area contributed by atoms with Gasteiger partial charge in [-0.2, -0.15) is 0 Å². The monoisotopic (exact) mass is 815 g/mol. The van der Waals surface area contributed by atoms with Crippen molar-refractivity contribution in [3.8, 4) is 33.6 Å². The smallest absolute Gasteiger partial charge is 0.136 e. The van der Waals surface area contributed by atoms with Crippen molar-refractivity contribution in [1.29, 1.82) is 0 Å². The molecule has 0 N–H and O–H groups in total. The Morgan fingerprint density at radius 3 is 2.12 bits per heavy atom. The van der Waals surface area contributed by atoms with Crippen LogP contribution in [0.15, 0.2) is 132 Å². The number of fused-ring (bicyclic) bond motifs is 5. The summed E-state index contributed by atoms with van der Waals surface area (Å²) in [7, 11) is 0. The van der Waals surface area contributed by atoms with Crippen LogP contribution in [0, 0.1) is 31.4 Å². The van der Waals surface area contributed by atoms with E-state index in [1.807, 2.05) is 49.6 Å². The maximum absolute atomic E-state index is 6.10. The molecule has 0 saturated carbocycles. The van der Waals surface area contributed by atoms with Crippen LogP contribution in [0.4, 0.5) is 0 Å². The van der Waals surface area contributed by atoms with E-state index in [1.165, 1.54) is 38.4 Å². The van der Waals surface area contributed by atoms with Gasteiger partial charge in [0, 0.05) is 43.3 Å². The maximum atomic E-state index is 6.10. The number of hydrogen-bond donors (Lipinski definition) is 0. The second-order valence-corrected chi connectivity index (χ2v) is 13.7. The number of rotatable bonds is 4. The van der Waals surface area contributed by atoms with Gasteiger partial charge >= 0.3 is 0 Å². The molecular weight excluding hydrogens is 777 g/mol. The minimum atomic E-state index is 0. The Bertz CT molecular complexity index is 2300. The molecule has 8 rings (SSSR count). The van der Waals surface area contributed by atoms with Crippen molar-refractivity contribution in [2.45, 2.75) is 41.0 Å². The van der Waals surface area contributed by atoms with Gasteiger partial charge in [0.05, 0.1) is 0 Å². The van der Waals surface area contributed by atoms with Gasteiger partial charge in [0.15, 0.2) is 0 Å². The first-order valence-electron chi connectivity index (χ1n) is 16.4. The summed E-state index contributed by atoms with van der Waals surface area (Å²) in [6.45, 7) is 10.9. The Morgan fingerprint density at radius 1 is 0.633 bits per heavy atom. The molecule has 0 aliphatic rings. The van der Waals surface area contributed by atoms with Gasteiger partial charge in [-0.1, -0.05) is 105 Å².